The Labute approximate surface area is 91.5 Å². The van der Waals surface area contributed by atoms with Crippen molar-refractivity contribution >= 4 is 6.08 Å². The van der Waals surface area contributed by atoms with Crippen LogP contribution in [0.15, 0.2) is 36.9 Å². The second-order valence-electron chi connectivity index (χ2n) is 3.37. The van der Waals surface area contributed by atoms with Crippen LogP contribution in [0.4, 0.5) is 0 Å². The van der Waals surface area contributed by atoms with E-state index < -0.39 is 0 Å². The Morgan fingerprint density at radius 3 is 1.93 bits per heavy atom. The van der Waals surface area contributed by atoms with E-state index in [0.29, 0.717) is 6.10 Å². The molecule has 3 rings (SSSR count). The van der Waals surface area contributed by atoms with Crippen LogP contribution in [-0.4, -0.2) is 25.9 Å². The molecule has 1 unspecified atom stereocenters. The molecule has 2 saturated heterocycles. The van der Waals surface area contributed by atoms with Crippen LogP contribution in [-0.2, 0) is 9.47 Å². The van der Waals surface area contributed by atoms with Crippen molar-refractivity contribution in [1.82, 2.24) is 0 Å². The van der Waals surface area contributed by atoms with Crippen LogP contribution >= 0.6 is 0 Å². The summed E-state index contributed by atoms with van der Waals surface area (Å²) in [5.41, 5.74) is 1.17. The molecule has 0 aliphatic carbocycles. The van der Waals surface area contributed by atoms with Crippen LogP contribution in [0.25, 0.3) is 6.08 Å². The highest BCUT2D eigenvalue weighted by Gasteiger charge is 2.13. The van der Waals surface area contributed by atoms with Gasteiger partial charge < -0.3 is 9.47 Å². The van der Waals surface area contributed by atoms with Gasteiger partial charge in [-0.25, -0.2) is 0 Å². The van der Waals surface area contributed by atoms with E-state index in [9.17, 15) is 0 Å². The Morgan fingerprint density at radius 1 is 1.27 bits per heavy atom. The summed E-state index contributed by atoms with van der Waals surface area (Å²) in [6, 6.07) is 10.0. The molecular weight excluding hydrogens is 188 g/mol. The van der Waals surface area contributed by atoms with Crippen molar-refractivity contribution < 1.29 is 9.47 Å². The van der Waals surface area contributed by atoms with Crippen molar-refractivity contribution in [3.63, 3.8) is 0 Å². The Hall–Kier alpha value is -1.12. The summed E-state index contributed by atoms with van der Waals surface area (Å²) in [6.45, 7) is 8.67. The molecule has 2 aliphatic heterocycles. The molecule has 0 radical (unpaired) electrons. The van der Waals surface area contributed by atoms with Crippen LogP contribution in [0.5, 0.6) is 0 Å². The van der Waals surface area contributed by atoms with Gasteiger partial charge in [-0.15, -0.1) is 0 Å². The molecule has 0 saturated carbocycles. The lowest BCUT2D eigenvalue weighted by atomic mass is 10.2. The van der Waals surface area contributed by atoms with Crippen molar-refractivity contribution in [2.75, 3.05) is 19.8 Å². The topological polar surface area (TPSA) is 25.1 Å². The molecule has 0 spiro atoms. The lowest BCUT2D eigenvalue weighted by Crippen LogP contribution is -1.63. The molecule has 1 aromatic carbocycles. The van der Waals surface area contributed by atoms with Crippen molar-refractivity contribution in [2.24, 2.45) is 0 Å². The SMILES string of the molecule is C1CO1.C=Cc1ccccc1.CC1CO1. The fraction of sp³-hybridized carbons (Fsp3) is 0.385. The lowest BCUT2D eigenvalue weighted by Gasteiger charge is -1.85. The Balaban J connectivity index is 0.000000132. The highest BCUT2D eigenvalue weighted by Crippen LogP contribution is 2.04. The molecule has 2 fully saturated rings. The van der Waals surface area contributed by atoms with E-state index in [2.05, 4.69) is 18.2 Å². The zero-order chi connectivity index (χ0) is 10.9. The first-order chi connectivity index (χ1) is 7.33. The predicted octanol–water partition coefficient (Wildman–Crippen LogP) is 2.75. The van der Waals surface area contributed by atoms with Crippen molar-refractivity contribution in [1.29, 1.82) is 0 Å². The molecule has 82 valence electrons. The van der Waals surface area contributed by atoms with Gasteiger partial charge in [-0.2, -0.15) is 0 Å². The van der Waals surface area contributed by atoms with Crippen LogP contribution in [0.1, 0.15) is 12.5 Å². The van der Waals surface area contributed by atoms with Crippen LogP contribution in [0.3, 0.4) is 0 Å². The summed E-state index contributed by atoms with van der Waals surface area (Å²) in [4.78, 5) is 0. The normalized spacial score (nSPS) is 19.9. The van der Waals surface area contributed by atoms with Gasteiger partial charge in [0, 0.05) is 0 Å². The minimum Gasteiger partial charge on any atom is -0.377 e. The van der Waals surface area contributed by atoms with Crippen LogP contribution in [0.2, 0.25) is 0 Å². The fourth-order valence-electron chi connectivity index (χ4n) is 0.685. The summed E-state index contributed by atoms with van der Waals surface area (Å²) in [7, 11) is 0. The van der Waals surface area contributed by atoms with Gasteiger partial charge in [0.05, 0.1) is 25.9 Å². The fourth-order valence-corrected chi connectivity index (χ4v) is 0.685. The summed E-state index contributed by atoms with van der Waals surface area (Å²) < 4.78 is 9.21. The Kier molecular flexibility index (Phi) is 5.74. The molecule has 1 aromatic rings. The number of hydrogen-bond donors (Lipinski definition) is 0. The number of rotatable bonds is 1. The van der Waals surface area contributed by atoms with Crippen molar-refractivity contribution in [3.05, 3.63) is 42.5 Å². The molecule has 0 aromatic heterocycles. The maximum absolute atomic E-state index is 4.71. The van der Waals surface area contributed by atoms with Crippen LogP contribution in [0, 0.1) is 0 Å². The third kappa shape index (κ3) is 9.19. The summed E-state index contributed by atoms with van der Waals surface area (Å²) in [5.74, 6) is 0. The molecule has 2 aliphatic rings. The monoisotopic (exact) mass is 206 g/mol. The zero-order valence-electron chi connectivity index (χ0n) is 9.19. The van der Waals surface area contributed by atoms with E-state index >= 15 is 0 Å². The van der Waals surface area contributed by atoms with E-state index in [4.69, 9.17) is 4.74 Å². The minimum atomic E-state index is 0.583. The molecule has 1 atom stereocenters. The third-order valence-electron chi connectivity index (χ3n) is 1.74. The third-order valence-corrected chi connectivity index (χ3v) is 1.74. The van der Waals surface area contributed by atoms with Gasteiger partial charge in [0.15, 0.2) is 0 Å². The summed E-state index contributed by atoms with van der Waals surface area (Å²) >= 11 is 0. The van der Waals surface area contributed by atoms with Gasteiger partial charge in [-0.1, -0.05) is 43.0 Å². The second-order valence-corrected chi connectivity index (χ2v) is 3.37. The first-order valence-electron chi connectivity index (χ1n) is 5.19. The maximum atomic E-state index is 4.71. The summed E-state index contributed by atoms with van der Waals surface area (Å²) in [5, 5.41) is 0. The van der Waals surface area contributed by atoms with E-state index in [0.717, 1.165) is 19.8 Å². The first-order valence-corrected chi connectivity index (χ1v) is 5.19. The highest BCUT2D eigenvalue weighted by atomic mass is 16.6. The molecule has 0 bridgehead atoms. The standard InChI is InChI=1S/C8H8.C3H6O.C2H4O/c1-2-8-6-4-3-5-7-8;1-3-2-4-3;1-2-3-1/h2-7H,1H2;3H,2H2,1H3;1-2H2. The quantitative estimate of drug-likeness (QED) is 0.660. The smallest absolute Gasteiger partial charge is 0.0781 e. The molecule has 0 N–H and O–H groups in total. The highest BCUT2D eigenvalue weighted by molar-refractivity contribution is 5.45. The molecule has 15 heavy (non-hydrogen) atoms. The number of epoxide rings is 2. The van der Waals surface area contributed by atoms with Gasteiger partial charge in [0.1, 0.15) is 0 Å². The molecular formula is C13H18O2. The van der Waals surface area contributed by atoms with Gasteiger partial charge in [0.25, 0.3) is 0 Å². The van der Waals surface area contributed by atoms with Gasteiger partial charge >= 0.3 is 0 Å². The van der Waals surface area contributed by atoms with E-state index in [1.165, 1.54) is 5.56 Å². The number of ether oxygens (including phenoxy) is 2. The van der Waals surface area contributed by atoms with Gasteiger partial charge in [0.2, 0.25) is 0 Å². The maximum Gasteiger partial charge on any atom is 0.0781 e. The molecule has 2 nitrogen and oxygen atoms in total. The number of hydrogen-bond acceptors (Lipinski definition) is 2. The zero-order valence-corrected chi connectivity index (χ0v) is 9.19. The first kappa shape index (κ1) is 12.0. The average molecular weight is 206 g/mol. The van der Waals surface area contributed by atoms with E-state index in [1.54, 1.807) is 0 Å². The molecule has 0 amide bonds. The second kappa shape index (κ2) is 7.21. The van der Waals surface area contributed by atoms with E-state index in [-0.39, 0.29) is 0 Å². The van der Waals surface area contributed by atoms with Crippen LogP contribution < -0.4 is 0 Å². The average Bonchev–Trinajstić information content (AvgIpc) is 3.14. The summed E-state index contributed by atoms with van der Waals surface area (Å²) in [6.07, 6.45) is 2.42. The Morgan fingerprint density at radius 2 is 1.73 bits per heavy atom. The van der Waals surface area contributed by atoms with Crippen molar-refractivity contribution in [3.8, 4) is 0 Å². The molecule has 2 heteroatoms. The van der Waals surface area contributed by atoms with Crippen molar-refractivity contribution in [2.45, 2.75) is 13.0 Å². The largest absolute Gasteiger partial charge is 0.377 e. The van der Waals surface area contributed by atoms with Gasteiger partial charge in [-0.05, 0) is 12.5 Å². The lowest BCUT2D eigenvalue weighted by molar-refractivity contribution is 0.423. The molecule has 2 heterocycles. The van der Waals surface area contributed by atoms with Gasteiger partial charge in [-0.3, -0.25) is 0 Å². The predicted molar refractivity (Wildman–Crippen MR) is 62.8 cm³/mol. The minimum absolute atomic E-state index is 0.583. The Bertz CT molecular complexity index is 260. The number of benzene rings is 1. The van der Waals surface area contributed by atoms with E-state index in [1.807, 2.05) is 36.4 Å².